The summed E-state index contributed by atoms with van der Waals surface area (Å²) in [5.41, 5.74) is 2.61. The fourth-order valence-corrected chi connectivity index (χ4v) is 4.47. The van der Waals surface area contributed by atoms with E-state index in [1.165, 1.54) is 24.3 Å². The average Bonchev–Trinajstić information content (AvgIpc) is 3.56. The highest BCUT2D eigenvalue weighted by Gasteiger charge is 2.26. The fraction of sp³-hybridized carbons (Fsp3) is 0.172. The van der Waals surface area contributed by atoms with Crippen molar-refractivity contribution in [2.75, 3.05) is 0 Å². The topological polar surface area (TPSA) is 91.0 Å². The number of aliphatic carboxylic acids is 1. The fourth-order valence-electron chi connectivity index (χ4n) is 4.47. The van der Waals surface area contributed by atoms with Gasteiger partial charge in [-0.15, -0.1) is 0 Å². The summed E-state index contributed by atoms with van der Waals surface area (Å²) in [5, 5.41) is 9.84. The van der Waals surface area contributed by atoms with E-state index in [-0.39, 0.29) is 29.9 Å². The highest BCUT2D eigenvalue weighted by atomic mass is 19.1. The molecule has 0 saturated carbocycles. The van der Waals surface area contributed by atoms with Crippen molar-refractivity contribution in [2.24, 2.45) is 0 Å². The van der Waals surface area contributed by atoms with E-state index in [4.69, 9.17) is 4.74 Å². The lowest BCUT2D eigenvalue weighted by molar-refractivity contribution is -0.136. The van der Waals surface area contributed by atoms with Crippen LogP contribution in [0.15, 0.2) is 73.1 Å². The number of halogens is 2. The molecule has 8 heteroatoms. The molecule has 5 rings (SSSR count). The second-order valence-corrected chi connectivity index (χ2v) is 9.38. The first kappa shape index (κ1) is 24.2. The predicted octanol–water partition coefficient (Wildman–Crippen LogP) is 6.97. The Bertz CT molecular complexity index is 1590. The van der Waals surface area contributed by atoms with Crippen LogP contribution < -0.4 is 4.74 Å². The number of aryl methyl sites for hydroxylation is 1. The molecule has 0 atom stereocenters. The third-order valence-corrected chi connectivity index (χ3v) is 6.61. The molecular formula is C29H25F2N3O3. The van der Waals surface area contributed by atoms with Crippen molar-refractivity contribution in [1.82, 2.24) is 15.0 Å². The first-order chi connectivity index (χ1) is 17.7. The first-order valence-corrected chi connectivity index (χ1v) is 11.8. The summed E-state index contributed by atoms with van der Waals surface area (Å²) in [6.07, 6.45) is 3.21. The van der Waals surface area contributed by atoms with Gasteiger partial charge in [-0.25, -0.2) is 13.8 Å². The normalized spacial score (nSPS) is 11.7. The number of hydrogen-bond acceptors (Lipinski definition) is 3. The van der Waals surface area contributed by atoms with Gasteiger partial charge in [0.15, 0.2) is 11.6 Å². The molecule has 37 heavy (non-hydrogen) atoms. The van der Waals surface area contributed by atoms with Crippen molar-refractivity contribution in [1.29, 1.82) is 0 Å². The van der Waals surface area contributed by atoms with E-state index in [9.17, 15) is 14.3 Å². The Morgan fingerprint density at radius 3 is 2.59 bits per heavy atom. The minimum Gasteiger partial charge on any atom is -0.481 e. The number of aromatic amines is 2. The lowest BCUT2D eigenvalue weighted by Crippen LogP contribution is -2.19. The number of ether oxygens (including phenoxy) is 1. The van der Waals surface area contributed by atoms with Crippen LogP contribution in [0.1, 0.15) is 37.1 Å². The third-order valence-electron chi connectivity index (χ3n) is 6.61. The van der Waals surface area contributed by atoms with Crippen molar-refractivity contribution < 1.29 is 23.4 Å². The van der Waals surface area contributed by atoms with Gasteiger partial charge in [0.1, 0.15) is 17.4 Å². The third kappa shape index (κ3) is 4.70. The summed E-state index contributed by atoms with van der Waals surface area (Å²) >= 11 is 0. The van der Waals surface area contributed by atoms with E-state index < -0.39 is 23.0 Å². The number of H-pyrrole nitrogens is 2. The summed E-state index contributed by atoms with van der Waals surface area (Å²) in [5.74, 6) is -1.74. The number of benzene rings is 3. The Kier molecular flexibility index (Phi) is 6.25. The van der Waals surface area contributed by atoms with Crippen LogP contribution in [-0.2, 0) is 16.6 Å². The van der Waals surface area contributed by atoms with Gasteiger partial charge in [0.25, 0.3) is 0 Å². The van der Waals surface area contributed by atoms with Gasteiger partial charge < -0.3 is 19.8 Å². The number of carboxylic acids is 1. The molecule has 5 aromatic rings. The summed E-state index contributed by atoms with van der Waals surface area (Å²) in [7, 11) is 0. The number of hydrogen-bond donors (Lipinski definition) is 3. The number of rotatable bonds is 8. The highest BCUT2D eigenvalue weighted by molar-refractivity contribution is 5.86. The van der Waals surface area contributed by atoms with Gasteiger partial charge in [-0.05, 0) is 36.2 Å². The molecule has 0 amide bonds. The predicted molar refractivity (Wildman–Crippen MR) is 137 cm³/mol. The van der Waals surface area contributed by atoms with Crippen LogP contribution in [0.25, 0.3) is 22.3 Å². The average molecular weight is 502 g/mol. The molecule has 3 aromatic carbocycles. The van der Waals surface area contributed by atoms with Crippen LogP contribution in [0.4, 0.5) is 8.78 Å². The quantitative estimate of drug-likeness (QED) is 0.214. The van der Waals surface area contributed by atoms with Crippen LogP contribution in [-0.4, -0.2) is 26.0 Å². The maximum absolute atomic E-state index is 15.1. The van der Waals surface area contributed by atoms with Gasteiger partial charge in [0, 0.05) is 52.5 Å². The molecule has 0 fully saturated rings. The number of imidazole rings is 1. The molecule has 2 heterocycles. The molecule has 0 bridgehead atoms. The van der Waals surface area contributed by atoms with Crippen LogP contribution in [0.2, 0.25) is 0 Å². The van der Waals surface area contributed by atoms with Crippen molar-refractivity contribution in [2.45, 2.75) is 32.1 Å². The zero-order valence-electron chi connectivity index (χ0n) is 20.3. The summed E-state index contributed by atoms with van der Waals surface area (Å²) in [6, 6.07) is 17.0. The molecule has 188 valence electrons. The Balaban J connectivity index is 1.50. The molecular weight excluding hydrogens is 476 g/mol. The molecule has 3 N–H and O–H groups in total. The maximum Gasteiger partial charge on any atom is 0.303 e. The van der Waals surface area contributed by atoms with Gasteiger partial charge in [0.05, 0.1) is 5.56 Å². The molecule has 0 aliphatic rings. The molecule has 0 unspecified atom stereocenters. The van der Waals surface area contributed by atoms with Gasteiger partial charge in [-0.3, -0.25) is 4.79 Å². The van der Waals surface area contributed by atoms with Crippen molar-refractivity contribution in [3.8, 4) is 22.9 Å². The number of carbonyl (C=O) groups is 1. The maximum atomic E-state index is 15.1. The summed E-state index contributed by atoms with van der Waals surface area (Å²) in [4.78, 5) is 21.8. The molecule has 0 radical (unpaired) electrons. The Hall–Kier alpha value is -4.46. The summed E-state index contributed by atoms with van der Waals surface area (Å²) < 4.78 is 35.9. The number of fused-ring (bicyclic) bond motifs is 1. The van der Waals surface area contributed by atoms with E-state index in [0.29, 0.717) is 22.3 Å². The zero-order chi connectivity index (χ0) is 26.2. The zero-order valence-corrected chi connectivity index (χ0v) is 20.3. The Morgan fingerprint density at radius 1 is 1.05 bits per heavy atom. The lowest BCUT2D eigenvalue weighted by Gasteiger charge is -2.23. The van der Waals surface area contributed by atoms with E-state index >= 15 is 4.39 Å². The molecule has 0 aliphatic carbocycles. The van der Waals surface area contributed by atoms with Crippen molar-refractivity contribution in [3.63, 3.8) is 0 Å². The van der Waals surface area contributed by atoms with Crippen molar-refractivity contribution in [3.05, 3.63) is 102 Å². The van der Waals surface area contributed by atoms with Crippen LogP contribution in [0, 0.1) is 11.6 Å². The van der Waals surface area contributed by atoms with Gasteiger partial charge >= 0.3 is 5.97 Å². The number of nitrogens with zero attached hydrogens (tertiary/aromatic N) is 1. The standard InChI is InChI=1S/C29H25F2N3O3/c1-29(2,17-6-4-3-5-7-17)25-16-33-28(34-25)21-14-18(8-10-22(21)30)37-27-20(9-11-26(35)36)19-12-13-32-24(19)15-23(27)31/h3-8,10,12-16,32H,9,11H2,1-2H3,(H,33,34)(H,35,36). The van der Waals surface area contributed by atoms with Crippen LogP contribution >= 0.6 is 0 Å². The van der Waals surface area contributed by atoms with Gasteiger partial charge in [0.2, 0.25) is 0 Å². The van der Waals surface area contributed by atoms with Gasteiger partial charge in [-0.1, -0.05) is 44.2 Å². The Morgan fingerprint density at radius 2 is 1.84 bits per heavy atom. The molecule has 0 spiro atoms. The van der Waals surface area contributed by atoms with Crippen LogP contribution in [0.3, 0.4) is 0 Å². The Labute approximate surface area is 212 Å². The van der Waals surface area contributed by atoms with E-state index in [2.05, 4.69) is 15.0 Å². The smallest absolute Gasteiger partial charge is 0.303 e. The second kappa shape index (κ2) is 9.54. The number of nitrogens with one attached hydrogen (secondary N) is 2. The second-order valence-electron chi connectivity index (χ2n) is 9.38. The summed E-state index contributed by atoms with van der Waals surface area (Å²) in [6.45, 7) is 4.10. The highest BCUT2D eigenvalue weighted by Crippen LogP contribution is 2.37. The number of carboxylic acid groups (broad SMARTS) is 1. The van der Waals surface area contributed by atoms with E-state index in [1.807, 2.05) is 44.2 Å². The lowest BCUT2D eigenvalue weighted by atomic mass is 9.82. The minimum atomic E-state index is -1.00. The largest absolute Gasteiger partial charge is 0.481 e. The monoisotopic (exact) mass is 501 g/mol. The van der Waals surface area contributed by atoms with Gasteiger partial charge in [-0.2, -0.15) is 0 Å². The first-order valence-electron chi connectivity index (χ1n) is 11.8. The molecule has 0 aliphatic heterocycles. The SMILES string of the molecule is CC(C)(c1ccccc1)c1cnc(-c2cc(Oc3c(F)cc4[nH]ccc4c3CCC(=O)O)ccc2F)[nH]1. The number of aromatic nitrogens is 3. The minimum absolute atomic E-state index is 0.0704. The molecule has 0 saturated heterocycles. The van der Waals surface area contributed by atoms with E-state index in [0.717, 1.165) is 11.3 Å². The van der Waals surface area contributed by atoms with Crippen LogP contribution in [0.5, 0.6) is 11.5 Å². The molecule has 6 nitrogen and oxygen atoms in total. The molecule has 2 aromatic heterocycles. The van der Waals surface area contributed by atoms with Crippen molar-refractivity contribution >= 4 is 16.9 Å². The van der Waals surface area contributed by atoms with E-state index in [1.54, 1.807) is 18.5 Å².